The van der Waals surface area contributed by atoms with Gasteiger partial charge in [-0.25, -0.2) is 0 Å². The van der Waals surface area contributed by atoms with Gasteiger partial charge in [0, 0.05) is 0 Å². The molecule has 0 bridgehead atoms. The molecule has 0 saturated heterocycles. The van der Waals surface area contributed by atoms with E-state index in [0.717, 1.165) is 12.3 Å². The van der Waals surface area contributed by atoms with E-state index in [-0.39, 0.29) is 0 Å². The summed E-state index contributed by atoms with van der Waals surface area (Å²) in [6, 6.07) is 0. The van der Waals surface area contributed by atoms with Crippen molar-refractivity contribution in [2.75, 3.05) is 0 Å². The summed E-state index contributed by atoms with van der Waals surface area (Å²) in [6.45, 7) is 3.90. The third-order valence-corrected chi connectivity index (χ3v) is 4.59. The topological polar surface area (TPSA) is 0 Å². The van der Waals surface area contributed by atoms with Crippen LogP contribution in [0.25, 0.3) is 0 Å². The molecule has 1 aliphatic rings. The van der Waals surface area contributed by atoms with Crippen molar-refractivity contribution >= 4 is 0 Å². The number of rotatable bonds is 9. The summed E-state index contributed by atoms with van der Waals surface area (Å²) in [5.74, 6) is 1.08. The van der Waals surface area contributed by atoms with Crippen LogP contribution in [0.3, 0.4) is 0 Å². The standard InChI is InChI=1S/C18H35/c1-2-3-4-5-6-7-9-12-15-18-16-13-10-8-11-14-17-18/h18H,1-17H2. The summed E-state index contributed by atoms with van der Waals surface area (Å²) in [5.41, 5.74) is 0. The van der Waals surface area contributed by atoms with Crippen LogP contribution >= 0.6 is 0 Å². The van der Waals surface area contributed by atoms with Crippen molar-refractivity contribution in [3.8, 4) is 0 Å². The quantitative estimate of drug-likeness (QED) is 0.400. The average molecular weight is 251 g/mol. The highest BCUT2D eigenvalue weighted by molar-refractivity contribution is 4.64. The second-order valence-corrected chi connectivity index (χ2v) is 6.33. The Kier molecular flexibility index (Phi) is 10.8. The molecule has 107 valence electrons. The van der Waals surface area contributed by atoms with Crippen molar-refractivity contribution in [2.24, 2.45) is 5.92 Å². The highest BCUT2D eigenvalue weighted by atomic mass is 14.2. The average Bonchev–Trinajstić information content (AvgIpc) is 2.34. The van der Waals surface area contributed by atoms with Gasteiger partial charge >= 0.3 is 0 Å². The Labute approximate surface area is 116 Å². The summed E-state index contributed by atoms with van der Waals surface area (Å²) in [6.07, 6.45) is 23.4. The van der Waals surface area contributed by atoms with Gasteiger partial charge in [-0.1, -0.05) is 110 Å². The molecule has 1 radical (unpaired) electrons. The van der Waals surface area contributed by atoms with Gasteiger partial charge < -0.3 is 0 Å². The minimum absolute atomic E-state index is 1.08. The first-order valence-electron chi connectivity index (χ1n) is 8.72. The molecule has 0 aromatic rings. The van der Waals surface area contributed by atoms with Crippen molar-refractivity contribution in [1.82, 2.24) is 0 Å². The van der Waals surface area contributed by atoms with Crippen molar-refractivity contribution in [2.45, 2.75) is 103 Å². The molecule has 0 aromatic heterocycles. The molecule has 18 heavy (non-hydrogen) atoms. The summed E-state index contributed by atoms with van der Waals surface area (Å²) in [4.78, 5) is 0. The molecular formula is C18H35. The normalized spacial score (nSPS) is 18.5. The van der Waals surface area contributed by atoms with Gasteiger partial charge in [0.25, 0.3) is 0 Å². The second kappa shape index (κ2) is 12.1. The largest absolute Gasteiger partial charge is 0.0533 e. The van der Waals surface area contributed by atoms with Gasteiger partial charge in [-0.15, -0.1) is 0 Å². The van der Waals surface area contributed by atoms with Crippen molar-refractivity contribution in [3.05, 3.63) is 6.92 Å². The van der Waals surface area contributed by atoms with Gasteiger partial charge in [-0.05, 0) is 5.92 Å². The van der Waals surface area contributed by atoms with Crippen molar-refractivity contribution < 1.29 is 0 Å². The lowest BCUT2D eigenvalue weighted by Crippen LogP contribution is -2.03. The van der Waals surface area contributed by atoms with E-state index < -0.39 is 0 Å². The van der Waals surface area contributed by atoms with Crippen molar-refractivity contribution in [1.29, 1.82) is 0 Å². The van der Waals surface area contributed by atoms with Crippen LogP contribution < -0.4 is 0 Å². The maximum absolute atomic E-state index is 3.90. The second-order valence-electron chi connectivity index (χ2n) is 6.33. The smallest absolute Gasteiger partial charge is 0.0414 e. The Bertz CT molecular complexity index is 153. The van der Waals surface area contributed by atoms with Crippen molar-refractivity contribution in [3.63, 3.8) is 0 Å². The van der Waals surface area contributed by atoms with Crippen LogP contribution in [0.2, 0.25) is 0 Å². The Morgan fingerprint density at radius 3 is 1.72 bits per heavy atom. The Morgan fingerprint density at radius 1 is 0.611 bits per heavy atom. The summed E-state index contributed by atoms with van der Waals surface area (Å²) in [5, 5.41) is 0. The monoisotopic (exact) mass is 251 g/mol. The van der Waals surface area contributed by atoms with E-state index >= 15 is 0 Å². The molecule has 0 spiro atoms. The van der Waals surface area contributed by atoms with Crippen LogP contribution in [0.15, 0.2) is 0 Å². The van der Waals surface area contributed by atoms with Gasteiger partial charge in [0.1, 0.15) is 0 Å². The lowest BCUT2D eigenvalue weighted by Gasteiger charge is -2.19. The van der Waals surface area contributed by atoms with E-state index in [0.29, 0.717) is 0 Å². The summed E-state index contributed by atoms with van der Waals surface area (Å²) < 4.78 is 0. The number of hydrogen-bond donors (Lipinski definition) is 0. The van der Waals surface area contributed by atoms with E-state index in [1.54, 1.807) is 0 Å². The third-order valence-electron chi connectivity index (χ3n) is 4.59. The molecule has 1 fully saturated rings. The highest BCUT2D eigenvalue weighted by Gasteiger charge is 2.10. The number of hydrogen-bond acceptors (Lipinski definition) is 0. The van der Waals surface area contributed by atoms with E-state index in [4.69, 9.17) is 0 Å². The van der Waals surface area contributed by atoms with E-state index in [1.165, 1.54) is 96.3 Å². The molecule has 0 aliphatic heterocycles. The van der Waals surface area contributed by atoms with E-state index in [2.05, 4.69) is 6.92 Å². The maximum Gasteiger partial charge on any atom is -0.0414 e. The fourth-order valence-electron chi connectivity index (χ4n) is 3.32. The molecule has 0 heterocycles. The minimum atomic E-state index is 1.08. The first-order valence-corrected chi connectivity index (χ1v) is 8.72. The van der Waals surface area contributed by atoms with Gasteiger partial charge in [-0.3, -0.25) is 0 Å². The van der Waals surface area contributed by atoms with Crippen LogP contribution in [0.4, 0.5) is 0 Å². The van der Waals surface area contributed by atoms with E-state index in [1.807, 2.05) is 0 Å². The predicted octanol–water partition coefficient (Wildman–Crippen LogP) is 6.69. The zero-order valence-corrected chi connectivity index (χ0v) is 12.6. The van der Waals surface area contributed by atoms with Gasteiger partial charge in [-0.2, -0.15) is 0 Å². The fraction of sp³-hybridized carbons (Fsp3) is 0.944. The van der Waals surface area contributed by atoms with Gasteiger partial charge in [0.2, 0.25) is 0 Å². The molecule has 0 unspecified atom stereocenters. The molecule has 0 aromatic carbocycles. The first kappa shape index (κ1) is 16.1. The van der Waals surface area contributed by atoms with Gasteiger partial charge in [0.15, 0.2) is 0 Å². The SMILES string of the molecule is [CH2]CCCCCCCCCC1CCCCCCC1. The molecule has 0 N–H and O–H groups in total. The maximum atomic E-state index is 3.90. The first-order chi connectivity index (χ1) is 8.93. The fourth-order valence-corrected chi connectivity index (χ4v) is 3.32. The molecular weight excluding hydrogens is 216 g/mol. The van der Waals surface area contributed by atoms with Crippen LogP contribution in [0.5, 0.6) is 0 Å². The Balaban J connectivity index is 1.86. The molecule has 0 heteroatoms. The number of unbranched alkanes of at least 4 members (excludes halogenated alkanes) is 7. The van der Waals surface area contributed by atoms with Gasteiger partial charge in [0.05, 0.1) is 0 Å². The lowest BCUT2D eigenvalue weighted by atomic mass is 9.87. The van der Waals surface area contributed by atoms with Crippen LogP contribution in [-0.4, -0.2) is 0 Å². The zero-order valence-electron chi connectivity index (χ0n) is 12.6. The molecule has 1 rings (SSSR count). The molecule has 1 aliphatic carbocycles. The molecule has 0 atom stereocenters. The summed E-state index contributed by atoms with van der Waals surface area (Å²) in [7, 11) is 0. The zero-order chi connectivity index (χ0) is 12.9. The van der Waals surface area contributed by atoms with Crippen LogP contribution in [-0.2, 0) is 0 Å². The highest BCUT2D eigenvalue weighted by Crippen LogP contribution is 2.26. The molecule has 1 saturated carbocycles. The summed E-state index contributed by atoms with van der Waals surface area (Å²) >= 11 is 0. The predicted molar refractivity (Wildman–Crippen MR) is 82.7 cm³/mol. The Hall–Kier alpha value is 0. The third kappa shape index (κ3) is 9.00. The van der Waals surface area contributed by atoms with Crippen LogP contribution in [0.1, 0.15) is 103 Å². The van der Waals surface area contributed by atoms with E-state index in [9.17, 15) is 0 Å². The molecule has 0 amide bonds. The molecule has 0 nitrogen and oxygen atoms in total. The minimum Gasteiger partial charge on any atom is -0.0533 e. The lowest BCUT2D eigenvalue weighted by molar-refractivity contribution is 0.346. The Morgan fingerprint density at radius 2 is 1.11 bits per heavy atom. The van der Waals surface area contributed by atoms with Crippen LogP contribution in [0, 0.1) is 12.8 Å².